The fourth-order valence-electron chi connectivity index (χ4n) is 3.73. The van der Waals surface area contributed by atoms with E-state index in [-0.39, 0.29) is 27.9 Å². The summed E-state index contributed by atoms with van der Waals surface area (Å²) in [6.45, 7) is 2.24. The number of rotatable bonds is 9. The van der Waals surface area contributed by atoms with Crippen molar-refractivity contribution in [2.24, 2.45) is 0 Å². The van der Waals surface area contributed by atoms with Gasteiger partial charge in [0.15, 0.2) is 0 Å². The number of carbonyl (C=O) groups excluding carboxylic acids is 5. The molecule has 3 aromatic carbocycles. The smallest absolute Gasteiger partial charge is 0.338 e. The molecule has 0 aliphatic carbocycles. The Bertz CT molecular complexity index is 1500. The molecule has 1 heterocycles. The lowest BCUT2D eigenvalue weighted by Gasteiger charge is -2.15. The first-order chi connectivity index (χ1) is 19.2. The molecule has 0 saturated carbocycles. The van der Waals surface area contributed by atoms with E-state index in [0.717, 1.165) is 11.3 Å². The van der Waals surface area contributed by atoms with E-state index >= 15 is 0 Å². The van der Waals surface area contributed by atoms with Crippen LogP contribution in [0.2, 0.25) is 0 Å². The van der Waals surface area contributed by atoms with Gasteiger partial charge >= 0.3 is 11.9 Å². The lowest BCUT2D eigenvalue weighted by molar-refractivity contribution is -0.120. The van der Waals surface area contributed by atoms with Gasteiger partial charge in [0.2, 0.25) is 0 Å². The minimum Gasteiger partial charge on any atom is -0.465 e. The van der Waals surface area contributed by atoms with Crippen LogP contribution in [0.15, 0.2) is 83.5 Å². The van der Waals surface area contributed by atoms with Crippen LogP contribution in [0.3, 0.4) is 0 Å². The van der Waals surface area contributed by atoms with Gasteiger partial charge in [-0.1, -0.05) is 18.5 Å². The molecule has 0 unspecified atom stereocenters. The van der Waals surface area contributed by atoms with E-state index in [2.05, 4.69) is 15.4 Å². The number of esters is 2. The lowest BCUT2D eigenvalue weighted by Crippen LogP contribution is -2.32. The molecule has 40 heavy (non-hydrogen) atoms. The molecule has 11 heteroatoms. The summed E-state index contributed by atoms with van der Waals surface area (Å²) in [4.78, 5) is 62.9. The summed E-state index contributed by atoms with van der Waals surface area (Å²) in [6, 6.07) is 18.3. The van der Waals surface area contributed by atoms with E-state index in [4.69, 9.17) is 16.3 Å². The number of hydrogen-bond acceptors (Lipinski definition) is 8. The summed E-state index contributed by atoms with van der Waals surface area (Å²) in [6.07, 6.45) is 0.722. The van der Waals surface area contributed by atoms with Gasteiger partial charge in [0.05, 0.1) is 30.5 Å². The first kappa shape index (κ1) is 28.1. The molecule has 0 bridgehead atoms. The highest BCUT2D eigenvalue weighted by Crippen LogP contribution is 2.30. The Balaban J connectivity index is 1.40. The predicted molar refractivity (Wildman–Crippen MR) is 148 cm³/mol. The Morgan fingerprint density at radius 1 is 0.775 bits per heavy atom. The van der Waals surface area contributed by atoms with Crippen LogP contribution >= 0.6 is 11.6 Å². The Hall–Kier alpha value is -4.96. The Morgan fingerprint density at radius 2 is 1.32 bits per heavy atom. The van der Waals surface area contributed by atoms with Gasteiger partial charge in [0.1, 0.15) is 10.7 Å². The number of halogens is 1. The molecular weight excluding hydrogens is 538 g/mol. The van der Waals surface area contributed by atoms with Crippen molar-refractivity contribution < 1.29 is 33.4 Å². The van der Waals surface area contributed by atoms with E-state index in [1.54, 1.807) is 36.4 Å². The van der Waals surface area contributed by atoms with E-state index in [0.29, 0.717) is 29.1 Å². The van der Waals surface area contributed by atoms with Gasteiger partial charge in [-0.2, -0.15) is 0 Å². The van der Waals surface area contributed by atoms with Crippen LogP contribution in [-0.4, -0.2) is 43.4 Å². The van der Waals surface area contributed by atoms with Gasteiger partial charge in [-0.15, -0.1) is 0 Å². The third-order valence-electron chi connectivity index (χ3n) is 5.81. The SMILES string of the molecule is CCCOC(=O)c1ccc(NC(=O)c2ccc(NC3=C(Cl)C(=O)N(c4ccc(C(=O)OC)cc4)C3=O)cc2)cc1. The van der Waals surface area contributed by atoms with Crippen molar-refractivity contribution in [2.75, 3.05) is 29.3 Å². The standard InChI is InChI=1S/C29H24ClN3O7/c1-3-16-40-29(38)19-6-12-21(13-7-19)32-25(34)17-4-10-20(11-5-17)31-24-23(30)26(35)33(27(24)36)22-14-8-18(9-15-22)28(37)39-2/h4-15,31H,3,16H2,1-2H3,(H,32,34). The fraction of sp³-hybridized carbons (Fsp3) is 0.138. The number of anilines is 3. The number of nitrogens with zero attached hydrogens (tertiary/aromatic N) is 1. The van der Waals surface area contributed by atoms with E-state index in [1.807, 2.05) is 6.92 Å². The van der Waals surface area contributed by atoms with E-state index in [1.165, 1.54) is 43.5 Å². The van der Waals surface area contributed by atoms with E-state index in [9.17, 15) is 24.0 Å². The van der Waals surface area contributed by atoms with Gasteiger partial charge in [-0.3, -0.25) is 14.4 Å². The number of imide groups is 1. The summed E-state index contributed by atoms with van der Waals surface area (Å²) in [7, 11) is 1.25. The van der Waals surface area contributed by atoms with Gasteiger partial charge in [-0.05, 0) is 79.2 Å². The van der Waals surface area contributed by atoms with Crippen molar-refractivity contribution in [2.45, 2.75) is 13.3 Å². The highest BCUT2D eigenvalue weighted by Gasteiger charge is 2.39. The molecule has 204 valence electrons. The third kappa shape index (κ3) is 6.02. The van der Waals surface area contributed by atoms with Crippen LogP contribution in [0.25, 0.3) is 0 Å². The molecule has 2 N–H and O–H groups in total. The number of hydrogen-bond donors (Lipinski definition) is 2. The zero-order valence-corrected chi connectivity index (χ0v) is 22.3. The Labute approximate surface area is 234 Å². The summed E-state index contributed by atoms with van der Waals surface area (Å²) >= 11 is 6.19. The molecule has 10 nitrogen and oxygen atoms in total. The third-order valence-corrected chi connectivity index (χ3v) is 6.16. The normalized spacial score (nSPS) is 12.8. The van der Waals surface area contributed by atoms with Gasteiger partial charge in [0, 0.05) is 16.9 Å². The molecule has 3 aromatic rings. The van der Waals surface area contributed by atoms with Crippen molar-refractivity contribution >= 4 is 58.3 Å². The Kier molecular flexibility index (Phi) is 8.60. The van der Waals surface area contributed by atoms with Crippen LogP contribution in [0, 0.1) is 0 Å². The molecule has 0 fully saturated rings. The zero-order chi connectivity index (χ0) is 28.8. The van der Waals surface area contributed by atoms with Crippen molar-refractivity contribution in [3.63, 3.8) is 0 Å². The average molecular weight is 562 g/mol. The van der Waals surface area contributed by atoms with Crippen LogP contribution in [-0.2, 0) is 19.1 Å². The van der Waals surface area contributed by atoms with Crippen LogP contribution in [0.1, 0.15) is 44.4 Å². The highest BCUT2D eigenvalue weighted by atomic mass is 35.5. The molecule has 0 aromatic heterocycles. The summed E-state index contributed by atoms with van der Waals surface area (Å²) in [5.74, 6) is -2.77. The number of benzene rings is 3. The molecule has 0 spiro atoms. The number of amides is 3. The van der Waals surface area contributed by atoms with Gasteiger partial charge in [0.25, 0.3) is 17.7 Å². The average Bonchev–Trinajstić information content (AvgIpc) is 3.19. The van der Waals surface area contributed by atoms with Gasteiger partial charge < -0.3 is 20.1 Å². The number of ether oxygens (including phenoxy) is 2. The van der Waals surface area contributed by atoms with Crippen molar-refractivity contribution in [3.05, 3.63) is 100 Å². The van der Waals surface area contributed by atoms with Crippen LogP contribution < -0.4 is 15.5 Å². The topological polar surface area (TPSA) is 131 Å². The van der Waals surface area contributed by atoms with Gasteiger partial charge in [-0.25, -0.2) is 14.5 Å². The molecule has 4 rings (SSSR count). The second-order valence-electron chi connectivity index (χ2n) is 8.54. The summed E-state index contributed by atoms with van der Waals surface area (Å²) < 4.78 is 9.74. The van der Waals surface area contributed by atoms with Crippen molar-refractivity contribution in [3.8, 4) is 0 Å². The second kappa shape index (κ2) is 12.3. The van der Waals surface area contributed by atoms with E-state index < -0.39 is 23.8 Å². The molecule has 0 saturated heterocycles. The maximum absolute atomic E-state index is 13.0. The van der Waals surface area contributed by atoms with Crippen molar-refractivity contribution in [1.82, 2.24) is 0 Å². The second-order valence-corrected chi connectivity index (χ2v) is 8.92. The highest BCUT2D eigenvalue weighted by molar-refractivity contribution is 6.53. The summed E-state index contributed by atoms with van der Waals surface area (Å²) in [5.41, 5.74) is 1.99. The zero-order valence-electron chi connectivity index (χ0n) is 21.5. The minimum atomic E-state index is -0.722. The quantitative estimate of drug-likeness (QED) is 0.283. The molecule has 0 atom stereocenters. The van der Waals surface area contributed by atoms with Crippen molar-refractivity contribution in [1.29, 1.82) is 0 Å². The van der Waals surface area contributed by atoms with Crippen LogP contribution in [0.5, 0.6) is 0 Å². The maximum Gasteiger partial charge on any atom is 0.338 e. The summed E-state index contributed by atoms with van der Waals surface area (Å²) in [5, 5.41) is 5.28. The monoisotopic (exact) mass is 561 g/mol. The minimum absolute atomic E-state index is 0.126. The molecule has 1 aliphatic rings. The largest absolute Gasteiger partial charge is 0.465 e. The predicted octanol–water partition coefficient (Wildman–Crippen LogP) is 4.73. The first-order valence-corrected chi connectivity index (χ1v) is 12.5. The lowest BCUT2D eigenvalue weighted by atomic mass is 10.1. The Morgan fingerprint density at radius 3 is 1.93 bits per heavy atom. The molecule has 3 amide bonds. The number of nitrogens with one attached hydrogen (secondary N) is 2. The first-order valence-electron chi connectivity index (χ1n) is 12.2. The maximum atomic E-state index is 13.0. The van der Waals surface area contributed by atoms with Crippen LogP contribution in [0.4, 0.5) is 17.1 Å². The molecular formula is C29H24ClN3O7. The molecule has 0 radical (unpaired) electrons. The fourth-order valence-corrected chi connectivity index (χ4v) is 3.94. The number of carbonyl (C=O) groups is 5. The number of methoxy groups -OCH3 is 1. The molecule has 1 aliphatic heterocycles.